The van der Waals surface area contributed by atoms with Gasteiger partial charge in [-0.1, -0.05) is 0 Å². The Morgan fingerprint density at radius 2 is 0.893 bits per heavy atom. The molecule has 0 saturated carbocycles. The van der Waals surface area contributed by atoms with Crippen molar-refractivity contribution < 1.29 is 58.8 Å². The van der Waals surface area contributed by atoms with Crippen LogP contribution in [0.2, 0.25) is 0 Å². The van der Waals surface area contributed by atoms with E-state index < -0.39 is 66.1 Å². The number of Topliss-reactive ketones (excluding diaryl/α,β-unsaturated/α-hetero) is 2. The van der Waals surface area contributed by atoms with Gasteiger partial charge in [-0.05, 0) is 155 Å². The molecule has 0 saturated heterocycles. The largest absolute Gasteiger partial charge is 0.478 e. The van der Waals surface area contributed by atoms with Gasteiger partial charge in [0.1, 0.15) is 23.8 Å². The van der Waals surface area contributed by atoms with E-state index in [1.165, 1.54) is 21.0 Å². The third kappa shape index (κ3) is 11.8. The van der Waals surface area contributed by atoms with Crippen molar-refractivity contribution in [3.63, 3.8) is 0 Å². The van der Waals surface area contributed by atoms with Crippen LogP contribution in [0, 0.1) is 21.4 Å². The Kier molecular flexibility index (Phi) is 20.5. The SMILES string of the molecule is CNC(=O)c1c(I)c(C(=O)O)c(I)c(N(C(C)=O)C(C(O)CC(=O)CCCCC(=O)CC(C)O)N(C(C)=O)c2c(I)c(C(=O)O)c(I)c(C(=O)NC)c2I)c1I. The van der Waals surface area contributed by atoms with Gasteiger partial charge in [-0.25, -0.2) is 9.59 Å². The number of carbonyl (C=O) groups excluding carboxylic acids is 6. The number of aliphatic hydroxyl groups is 2. The van der Waals surface area contributed by atoms with Crippen molar-refractivity contribution in [2.75, 3.05) is 23.9 Å². The Morgan fingerprint density at radius 1 is 0.571 bits per heavy atom. The summed E-state index contributed by atoms with van der Waals surface area (Å²) in [5, 5.41) is 47.2. The number of nitrogens with zero attached hydrogens (tertiary/aromatic N) is 2. The fraction of sp³-hybridized carbons (Fsp3) is 0.412. The normalized spacial score (nSPS) is 12.1. The molecule has 6 N–H and O–H groups in total. The molecule has 2 unspecified atom stereocenters. The van der Waals surface area contributed by atoms with Crippen LogP contribution in [0.15, 0.2) is 0 Å². The van der Waals surface area contributed by atoms with Crippen LogP contribution in [0.4, 0.5) is 11.4 Å². The number of carbonyl (C=O) groups is 8. The minimum absolute atomic E-state index is 0.0289. The van der Waals surface area contributed by atoms with Gasteiger partial charge in [0.25, 0.3) is 11.8 Å². The summed E-state index contributed by atoms with van der Waals surface area (Å²) in [6, 6.07) is 0. The van der Waals surface area contributed by atoms with Crippen LogP contribution in [0.5, 0.6) is 0 Å². The van der Waals surface area contributed by atoms with Crippen molar-refractivity contribution in [2.24, 2.45) is 0 Å². The molecule has 2 aromatic carbocycles. The van der Waals surface area contributed by atoms with Crippen LogP contribution < -0.4 is 20.4 Å². The third-order valence-corrected chi connectivity index (χ3v) is 14.4. The molecule has 0 aliphatic rings. The smallest absolute Gasteiger partial charge is 0.337 e. The summed E-state index contributed by atoms with van der Waals surface area (Å²) in [6.45, 7) is 3.61. The number of aromatic carboxylic acids is 2. The van der Waals surface area contributed by atoms with E-state index in [2.05, 4.69) is 10.6 Å². The molecule has 0 aliphatic carbocycles. The Balaban J connectivity index is 3.12. The van der Waals surface area contributed by atoms with Crippen LogP contribution in [-0.4, -0.2) is 100 Å². The topological polar surface area (TPSA) is 248 Å². The van der Waals surface area contributed by atoms with Gasteiger partial charge in [-0.3, -0.25) is 38.6 Å². The fourth-order valence-corrected chi connectivity index (χ4v) is 15.0. The van der Waals surface area contributed by atoms with Crippen molar-refractivity contribution >= 4 is 194 Å². The molecule has 0 heterocycles. The zero-order valence-corrected chi connectivity index (χ0v) is 43.1. The quantitative estimate of drug-likeness (QED) is 0.0626. The highest BCUT2D eigenvalue weighted by Gasteiger charge is 2.44. The van der Waals surface area contributed by atoms with Crippen LogP contribution in [0.1, 0.15) is 101 Å². The highest BCUT2D eigenvalue weighted by molar-refractivity contribution is 14.1. The molecular weight excluding hydrogens is 1420 g/mol. The van der Waals surface area contributed by atoms with Crippen molar-refractivity contribution in [2.45, 2.75) is 77.7 Å². The van der Waals surface area contributed by atoms with Crippen molar-refractivity contribution in [3.05, 3.63) is 43.7 Å². The summed E-state index contributed by atoms with van der Waals surface area (Å²) in [5.41, 5.74) is -1.41. The van der Waals surface area contributed by atoms with Gasteiger partial charge < -0.3 is 31.1 Å². The van der Waals surface area contributed by atoms with Crippen molar-refractivity contribution in [3.8, 4) is 0 Å². The van der Waals surface area contributed by atoms with Gasteiger partial charge in [0.2, 0.25) is 11.8 Å². The van der Waals surface area contributed by atoms with E-state index in [9.17, 15) is 58.8 Å². The number of carboxylic acid groups (broad SMARTS) is 2. The van der Waals surface area contributed by atoms with E-state index >= 15 is 0 Å². The summed E-state index contributed by atoms with van der Waals surface area (Å²) < 4.78 is 0.0282. The molecule has 4 amide bonds. The number of carboxylic acids is 2. The van der Waals surface area contributed by atoms with Gasteiger partial charge in [-0.2, -0.15) is 0 Å². The average Bonchev–Trinajstić information content (AvgIpc) is 3.07. The zero-order valence-electron chi connectivity index (χ0n) is 30.2. The van der Waals surface area contributed by atoms with Gasteiger partial charge in [0.05, 0.1) is 54.0 Å². The molecule has 2 rings (SSSR count). The number of hydrogen-bond donors (Lipinski definition) is 6. The van der Waals surface area contributed by atoms with Gasteiger partial charge in [0, 0.05) is 60.8 Å². The number of unbranched alkanes of at least 4 members (excludes halogenated alkanes) is 1. The highest BCUT2D eigenvalue weighted by atomic mass is 127. The summed E-state index contributed by atoms with van der Waals surface area (Å²) in [7, 11) is 2.64. The van der Waals surface area contributed by atoms with Crippen LogP contribution >= 0.6 is 136 Å². The first-order chi connectivity index (χ1) is 26.0. The third-order valence-electron chi connectivity index (χ3n) is 8.08. The van der Waals surface area contributed by atoms with Crippen LogP contribution in [0.3, 0.4) is 0 Å². The molecule has 0 aromatic heterocycles. The average molecular weight is 1450 g/mol. The predicted octanol–water partition coefficient (Wildman–Crippen LogP) is 5.38. The second kappa shape index (κ2) is 22.5. The molecule has 0 radical (unpaired) electrons. The first kappa shape index (κ1) is 51.0. The van der Waals surface area contributed by atoms with E-state index in [4.69, 9.17) is 0 Å². The van der Waals surface area contributed by atoms with Gasteiger partial charge >= 0.3 is 11.9 Å². The molecule has 56 heavy (non-hydrogen) atoms. The number of nitrogens with one attached hydrogen (secondary N) is 2. The zero-order chi connectivity index (χ0) is 43.1. The van der Waals surface area contributed by atoms with Crippen molar-refractivity contribution in [1.29, 1.82) is 0 Å². The predicted molar refractivity (Wildman–Crippen MR) is 255 cm³/mol. The Hall–Kier alpha value is -1.10. The summed E-state index contributed by atoms with van der Waals surface area (Å²) >= 11 is 10.3. The lowest BCUT2D eigenvalue weighted by Crippen LogP contribution is -2.60. The van der Waals surface area contributed by atoms with Gasteiger partial charge in [0.15, 0.2) is 0 Å². The molecule has 0 aliphatic heterocycles. The number of rotatable bonds is 18. The van der Waals surface area contributed by atoms with Gasteiger partial charge in [-0.15, -0.1) is 0 Å². The number of amides is 4. The lowest BCUT2D eigenvalue weighted by Gasteiger charge is -2.43. The fourth-order valence-electron chi connectivity index (χ4n) is 5.68. The van der Waals surface area contributed by atoms with Crippen LogP contribution in [-0.2, 0) is 19.2 Å². The van der Waals surface area contributed by atoms with E-state index in [1.807, 2.05) is 0 Å². The van der Waals surface area contributed by atoms with E-state index in [1.54, 1.807) is 136 Å². The summed E-state index contributed by atoms with van der Waals surface area (Å²) in [4.78, 5) is 107. The minimum Gasteiger partial charge on any atom is -0.478 e. The molecule has 2 aromatic rings. The number of ketones is 2. The lowest BCUT2D eigenvalue weighted by molar-refractivity contribution is -0.124. The molecule has 0 fully saturated rings. The number of aliphatic hydroxyl groups excluding tert-OH is 2. The molecule has 2 atom stereocenters. The van der Waals surface area contributed by atoms with Crippen LogP contribution in [0.25, 0.3) is 0 Å². The first-order valence-corrected chi connectivity index (χ1v) is 22.8. The van der Waals surface area contributed by atoms with E-state index in [-0.39, 0.29) is 86.5 Å². The maximum absolute atomic E-state index is 14.0. The Morgan fingerprint density at radius 3 is 1.18 bits per heavy atom. The summed E-state index contributed by atoms with van der Waals surface area (Å²) in [5.74, 6) is -6.83. The first-order valence-electron chi connectivity index (χ1n) is 16.3. The highest BCUT2D eigenvalue weighted by Crippen LogP contribution is 2.43. The Labute approximate surface area is 403 Å². The molecule has 22 heteroatoms. The second-order valence-electron chi connectivity index (χ2n) is 12.2. The Bertz CT molecular complexity index is 1860. The monoisotopic (exact) mass is 1450 g/mol. The lowest BCUT2D eigenvalue weighted by atomic mass is 9.99. The minimum atomic E-state index is -1.95. The number of hydrogen-bond acceptors (Lipinski definition) is 10. The number of benzene rings is 2. The van der Waals surface area contributed by atoms with E-state index in [0.29, 0.717) is 6.42 Å². The molecule has 0 spiro atoms. The summed E-state index contributed by atoms with van der Waals surface area (Å²) in [6.07, 6.45) is -4.90. The molecule has 306 valence electrons. The second-order valence-corrected chi connectivity index (χ2v) is 18.6. The number of anilines is 2. The maximum Gasteiger partial charge on any atom is 0.337 e. The molecule has 0 bridgehead atoms. The molecular formula is C34H36I6N4O12. The number of halogens is 6. The van der Waals surface area contributed by atoms with Crippen molar-refractivity contribution in [1.82, 2.24) is 10.6 Å². The maximum atomic E-state index is 14.0. The van der Waals surface area contributed by atoms with E-state index in [0.717, 1.165) is 23.6 Å². The standard InChI is InChI=1S/C34H36I6N4O12/c1-12(45)10-15(48)8-6-7-9-16(49)11-17(50)32(43(13(2)46)28-24(37)18(30(51)41-4)22(35)20(26(28)39)33(53)54)44(14(3)47)29-25(38)19(31(52)42-5)23(36)21(27(29)40)34(55)56/h12,17,32,45,50H,6-11H2,1-5H3,(H,41,51)(H,42,52)(H,53,54)(H,55,56). The molecule has 16 nitrogen and oxygen atoms in total.